The van der Waals surface area contributed by atoms with Crippen LogP contribution in [0.25, 0.3) is 11.1 Å². The monoisotopic (exact) mass is 506 g/mol. The van der Waals surface area contributed by atoms with E-state index in [-0.39, 0.29) is 27.4 Å². The van der Waals surface area contributed by atoms with Crippen LogP contribution in [0.5, 0.6) is 17.2 Å². The summed E-state index contributed by atoms with van der Waals surface area (Å²) in [6.07, 6.45) is 1.33. The SMILES string of the molecule is Cc1cccc(-c2ccc(OC(C)C)cc2)c1Oc1ccc(S(=O)(=O)Nc2ncns2)cc1C#N. The zero-order chi connectivity index (χ0) is 25.0. The molecule has 1 aromatic heterocycles. The highest BCUT2D eigenvalue weighted by atomic mass is 32.2. The molecule has 0 amide bonds. The highest BCUT2D eigenvalue weighted by Gasteiger charge is 2.20. The topological polar surface area (TPSA) is 114 Å². The lowest BCUT2D eigenvalue weighted by Crippen LogP contribution is -2.13. The molecule has 1 heterocycles. The van der Waals surface area contributed by atoms with Gasteiger partial charge in [-0.15, -0.1) is 0 Å². The highest BCUT2D eigenvalue weighted by molar-refractivity contribution is 7.93. The van der Waals surface area contributed by atoms with Crippen molar-refractivity contribution in [2.45, 2.75) is 31.8 Å². The quantitative estimate of drug-likeness (QED) is 0.323. The van der Waals surface area contributed by atoms with Crippen LogP contribution in [-0.4, -0.2) is 23.9 Å². The maximum atomic E-state index is 12.7. The van der Waals surface area contributed by atoms with Crippen molar-refractivity contribution < 1.29 is 17.9 Å². The molecule has 4 rings (SSSR count). The summed E-state index contributed by atoms with van der Waals surface area (Å²) in [5.41, 5.74) is 2.70. The lowest BCUT2D eigenvalue weighted by molar-refractivity contribution is 0.242. The Bertz CT molecular complexity index is 1480. The Hall–Kier alpha value is -3.94. The van der Waals surface area contributed by atoms with Gasteiger partial charge >= 0.3 is 0 Å². The predicted molar refractivity (Wildman–Crippen MR) is 134 cm³/mol. The van der Waals surface area contributed by atoms with Crippen molar-refractivity contribution in [2.24, 2.45) is 0 Å². The molecule has 0 spiro atoms. The van der Waals surface area contributed by atoms with E-state index in [0.29, 0.717) is 5.75 Å². The van der Waals surface area contributed by atoms with Crippen molar-refractivity contribution in [3.8, 4) is 34.4 Å². The number of benzene rings is 3. The molecule has 0 atom stereocenters. The molecule has 0 aliphatic carbocycles. The normalized spacial score (nSPS) is 11.2. The fraction of sp³-hybridized carbons (Fsp3) is 0.160. The molecule has 8 nitrogen and oxygen atoms in total. The second-order valence-electron chi connectivity index (χ2n) is 7.87. The molecule has 0 saturated carbocycles. The predicted octanol–water partition coefficient (Wildman–Crippen LogP) is 5.77. The molecule has 0 bridgehead atoms. The van der Waals surface area contributed by atoms with Crippen LogP contribution < -0.4 is 14.2 Å². The third-order valence-electron chi connectivity index (χ3n) is 4.93. The molecule has 0 aliphatic rings. The van der Waals surface area contributed by atoms with Gasteiger partial charge in [0.2, 0.25) is 5.13 Å². The number of aromatic nitrogens is 2. The second kappa shape index (κ2) is 10.1. The average molecular weight is 507 g/mol. The number of sulfonamides is 1. The Morgan fingerprint density at radius 3 is 2.51 bits per heavy atom. The van der Waals surface area contributed by atoms with Gasteiger partial charge in [0.05, 0.1) is 16.6 Å². The van der Waals surface area contributed by atoms with E-state index in [0.717, 1.165) is 34.0 Å². The summed E-state index contributed by atoms with van der Waals surface area (Å²) < 4.78 is 43.4. The minimum Gasteiger partial charge on any atom is -0.491 e. The fourth-order valence-electron chi connectivity index (χ4n) is 3.35. The molecule has 35 heavy (non-hydrogen) atoms. The Kier molecular flexibility index (Phi) is 7.00. The third-order valence-corrected chi connectivity index (χ3v) is 6.97. The van der Waals surface area contributed by atoms with Crippen LogP contribution in [0.2, 0.25) is 0 Å². The van der Waals surface area contributed by atoms with Gasteiger partial charge in [-0.25, -0.2) is 13.4 Å². The van der Waals surface area contributed by atoms with E-state index in [2.05, 4.69) is 14.1 Å². The number of hydrogen-bond donors (Lipinski definition) is 1. The summed E-state index contributed by atoms with van der Waals surface area (Å²) in [6.45, 7) is 5.85. The van der Waals surface area contributed by atoms with Crippen LogP contribution >= 0.6 is 11.5 Å². The fourth-order valence-corrected chi connectivity index (χ4v) is 5.04. The number of ether oxygens (including phenoxy) is 2. The molecule has 0 radical (unpaired) electrons. The first-order valence-electron chi connectivity index (χ1n) is 10.6. The molecule has 0 saturated heterocycles. The van der Waals surface area contributed by atoms with Crippen molar-refractivity contribution in [3.05, 3.63) is 78.1 Å². The van der Waals surface area contributed by atoms with Crippen LogP contribution in [0, 0.1) is 18.3 Å². The van der Waals surface area contributed by atoms with Crippen LogP contribution in [0.1, 0.15) is 25.0 Å². The number of rotatable bonds is 8. The summed E-state index contributed by atoms with van der Waals surface area (Å²) in [4.78, 5) is 3.75. The molecule has 10 heteroatoms. The highest BCUT2D eigenvalue weighted by Crippen LogP contribution is 2.38. The zero-order valence-corrected chi connectivity index (χ0v) is 20.9. The number of para-hydroxylation sites is 1. The molecule has 3 aromatic carbocycles. The number of anilines is 1. The zero-order valence-electron chi connectivity index (χ0n) is 19.2. The first-order valence-corrected chi connectivity index (χ1v) is 12.9. The number of nitrogens with one attached hydrogen (secondary N) is 1. The smallest absolute Gasteiger partial charge is 0.263 e. The largest absolute Gasteiger partial charge is 0.491 e. The van der Waals surface area contributed by atoms with Gasteiger partial charge in [0, 0.05) is 17.1 Å². The molecule has 1 N–H and O–H groups in total. The van der Waals surface area contributed by atoms with Crippen molar-refractivity contribution in [1.82, 2.24) is 9.36 Å². The van der Waals surface area contributed by atoms with E-state index in [1.807, 2.05) is 69.3 Å². The van der Waals surface area contributed by atoms with Gasteiger partial charge in [-0.3, -0.25) is 4.72 Å². The van der Waals surface area contributed by atoms with Gasteiger partial charge in [0.25, 0.3) is 10.0 Å². The second-order valence-corrected chi connectivity index (χ2v) is 10.3. The Labute approximate surface area is 208 Å². The van der Waals surface area contributed by atoms with Gasteiger partial charge in [-0.1, -0.05) is 30.3 Å². The first kappa shape index (κ1) is 24.2. The Morgan fingerprint density at radius 2 is 1.86 bits per heavy atom. The van der Waals surface area contributed by atoms with Crippen molar-refractivity contribution >= 4 is 26.7 Å². The Morgan fingerprint density at radius 1 is 1.09 bits per heavy atom. The molecule has 0 aliphatic heterocycles. The van der Waals surface area contributed by atoms with Gasteiger partial charge in [-0.05, 0) is 62.2 Å². The van der Waals surface area contributed by atoms with Crippen LogP contribution in [0.3, 0.4) is 0 Å². The van der Waals surface area contributed by atoms with E-state index >= 15 is 0 Å². The summed E-state index contributed by atoms with van der Waals surface area (Å²) in [5.74, 6) is 1.59. The number of hydrogen-bond acceptors (Lipinski definition) is 8. The number of nitrogens with zero attached hydrogens (tertiary/aromatic N) is 3. The summed E-state index contributed by atoms with van der Waals surface area (Å²) in [5, 5.41) is 9.86. The number of nitriles is 1. The minimum absolute atomic E-state index is 0.0725. The molecular weight excluding hydrogens is 484 g/mol. The standard InChI is InChI=1S/C25H22N4O4S2/c1-16(2)32-20-9-7-18(8-10-20)22-6-4-5-17(3)24(22)33-23-12-11-21(13-19(23)14-26)35(30,31)29-25-27-15-28-34-25/h4-13,15-16H,1-3H3,(H,27,28,29). The maximum Gasteiger partial charge on any atom is 0.263 e. The Balaban J connectivity index is 1.66. The summed E-state index contributed by atoms with van der Waals surface area (Å²) in [6, 6.07) is 19.6. The minimum atomic E-state index is -3.94. The van der Waals surface area contributed by atoms with Gasteiger partial charge in [-0.2, -0.15) is 9.64 Å². The molecule has 178 valence electrons. The summed E-state index contributed by atoms with van der Waals surface area (Å²) in [7, 11) is -3.94. The van der Waals surface area contributed by atoms with Crippen LogP contribution in [0.4, 0.5) is 5.13 Å². The molecule has 4 aromatic rings. The molecule has 0 unspecified atom stereocenters. The van der Waals surface area contributed by atoms with E-state index < -0.39 is 10.0 Å². The number of aryl methyl sites for hydroxylation is 1. The summed E-state index contributed by atoms with van der Waals surface area (Å²) >= 11 is 0.915. The molecular formula is C25H22N4O4S2. The van der Waals surface area contributed by atoms with E-state index in [9.17, 15) is 13.7 Å². The van der Waals surface area contributed by atoms with Crippen LogP contribution in [-0.2, 0) is 10.0 Å². The molecule has 0 fully saturated rings. The van der Waals surface area contributed by atoms with Gasteiger partial charge in [0.1, 0.15) is 29.6 Å². The van der Waals surface area contributed by atoms with Crippen molar-refractivity contribution in [1.29, 1.82) is 5.26 Å². The van der Waals surface area contributed by atoms with Crippen LogP contribution in [0.15, 0.2) is 71.9 Å². The van der Waals surface area contributed by atoms with E-state index in [1.54, 1.807) is 0 Å². The first-order chi connectivity index (χ1) is 16.8. The van der Waals surface area contributed by atoms with Gasteiger partial charge < -0.3 is 9.47 Å². The lowest BCUT2D eigenvalue weighted by atomic mass is 10.0. The van der Waals surface area contributed by atoms with E-state index in [1.165, 1.54) is 24.5 Å². The van der Waals surface area contributed by atoms with Crippen molar-refractivity contribution in [3.63, 3.8) is 0 Å². The maximum absolute atomic E-state index is 12.7. The van der Waals surface area contributed by atoms with E-state index in [4.69, 9.17) is 9.47 Å². The average Bonchev–Trinajstić information content (AvgIpc) is 3.33. The van der Waals surface area contributed by atoms with Crippen molar-refractivity contribution in [2.75, 3.05) is 4.72 Å². The lowest BCUT2D eigenvalue weighted by Gasteiger charge is -2.16. The van der Waals surface area contributed by atoms with Gasteiger partial charge in [0.15, 0.2) is 0 Å². The third kappa shape index (κ3) is 5.59.